The Balaban J connectivity index is 1.78. The molecule has 0 saturated heterocycles. The first kappa shape index (κ1) is 16.4. The molecule has 2 aromatic rings. The van der Waals surface area contributed by atoms with Crippen LogP contribution in [-0.2, 0) is 6.42 Å². The molecule has 3 rings (SSSR count). The van der Waals surface area contributed by atoms with Crippen LogP contribution in [-0.4, -0.2) is 29.4 Å². The van der Waals surface area contributed by atoms with Crippen LogP contribution < -0.4 is 4.74 Å². The number of hydrogen-bond donors (Lipinski definition) is 0. The van der Waals surface area contributed by atoms with E-state index in [1.807, 2.05) is 12.3 Å². The van der Waals surface area contributed by atoms with Gasteiger partial charge in [-0.1, -0.05) is 0 Å². The van der Waals surface area contributed by atoms with Crippen molar-refractivity contribution in [3.05, 3.63) is 45.2 Å². The van der Waals surface area contributed by atoms with E-state index in [1.165, 1.54) is 18.1 Å². The molecule has 0 radical (unpaired) electrons. The number of nitrogens with zero attached hydrogens (tertiary/aromatic N) is 3. The monoisotopic (exact) mass is 345 g/mol. The van der Waals surface area contributed by atoms with Crippen LogP contribution in [0.2, 0.25) is 0 Å². The molecule has 0 N–H and O–H groups in total. The van der Waals surface area contributed by atoms with Gasteiger partial charge in [-0.15, -0.1) is 11.3 Å². The molecule has 7 heteroatoms. The molecule has 1 amide bonds. The third-order valence-electron chi connectivity index (χ3n) is 3.99. The molecule has 124 valence electrons. The van der Waals surface area contributed by atoms with Gasteiger partial charge in [0.2, 0.25) is 0 Å². The number of amides is 1. The van der Waals surface area contributed by atoms with Gasteiger partial charge in [-0.2, -0.15) is 5.26 Å². The summed E-state index contributed by atoms with van der Waals surface area (Å²) in [5.74, 6) is -0.779. The molecule has 24 heavy (non-hydrogen) atoms. The van der Waals surface area contributed by atoms with Gasteiger partial charge in [0, 0.05) is 35.7 Å². The van der Waals surface area contributed by atoms with Crippen LogP contribution in [0.25, 0.3) is 0 Å². The van der Waals surface area contributed by atoms with Crippen LogP contribution in [0.4, 0.5) is 4.39 Å². The lowest BCUT2D eigenvalue weighted by Gasteiger charge is -2.19. The van der Waals surface area contributed by atoms with Gasteiger partial charge < -0.3 is 9.64 Å². The molecular formula is C17H16FN3O2S. The third-order valence-corrected chi connectivity index (χ3v) is 5.02. The number of thiazole rings is 1. The highest BCUT2D eigenvalue weighted by molar-refractivity contribution is 7.09. The van der Waals surface area contributed by atoms with Gasteiger partial charge in [-0.25, -0.2) is 9.37 Å². The lowest BCUT2D eigenvalue weighted by atomic mass is 10.0. The minimum absolute atomic E-state index is 0.0209. The van der Waals surface area contributed by atoms with Crippen LogP contribution in [0.15, 0.2) is 17.5 Å². The zero-order valence-corrected chi connectivity index (χ0v) is 14.2. The third kappa shape index (κ3) is 2.85. The van der Waals surface area contributed by atoms with Gasteiger partial charge in [0.1, 0.15) is 17.6 Å². The second-order valence-corrected chi connectivity index (χ2v) is 6.53. The van der Waals surface area contributed by atoms with Crippen molar-refractivity contribution in [2.24, 2.45) is 0 Å². The maximum absolute atomic E-state index is 14.2. The van der Waals surface area contributed by atoms with E-state index in [0.29, 0.717) is 24.3 Å². The summed E-state index contributed by atoms with van der Waals surface area (Å²) in [6.07, 6.45) is 1.40. The fourth-order valence-corrected chi connectivity index (χ4v) is 3.70. The maximum atomic E-state index is 14.2. The first-order valence-electron chi connectivity index (χ1n) is 7.54. The molecule has 0 aliphatic carbocycles. The number of halogens is 1. The molecule has 1 aromatic carbocycles. The lowest BCUT2D eigenvalue weighted by Crippen LogP contribution is -2.29. The Hall–Kier alpha value is -2.46. The number of rotatable bonds is 5. The molecule has 1 aliphatic rings. The maximum Gasteiger partial charge on any atom is 0.258 e. The summed E-state index contributed by atoms with van der Waals surface area (Å²) in [7, 11) is 1.42. The van der Waals surface area contributed by atoms with E-state index < -0.39 is 17.8 Å². The number of carbonyl (C=O) groups is 1. The van der Waals surface area contributed by atoms with Crippen LogP contribution in [0, 0.1) is 24.1 Å². The number of carbonyl (C=O) groups excluding carboxylic acids is 1. The Morgan fingerprint density at radius 3 is 2.92 bits per heavy atom. The Morgan fingerprint density at radius 2 is 2.29 bits per heavy atom. The van der Waals surface area contributed by atoms with E-state index in [-0.39, 0.29) is 5.56 Å². The molecule has 0 saturated carbocycles. The zero-order valence-electron chi connectivity index (χ0n) is 13.4. The zero-order chi connectivity index (χ0) is 17.3. The summed E-state index contributed by atoms with van der Waals surface area (Å²) in [6, 6.07) is 4.06. The number of benzene rings is 1. The normalized spacial score (nSPS) is 16.2. The summed E-state index contributed by atoms with van der Waals surface area (Å²) in [5.41, 5.74) is 1.33. The van der Waals surface area contributed by atoms with Crippen LogP contribution in [0.5, 0.6) is 5.75 Å². The lowest BCUT2D eigenvalue weighted by molar-refractivity contribution is 0.0752. The van der Waals surface area contributed by atoms with Gasteiger partial charge in [0.05, 0.1) is 23.8 Å². The van der Waals surface area contributed by atoms with Gasteiger partial charge >= 0.3 is 0 Å². The Kier molecular flexibility index (Phi) is 4.49. The van der Waals surface area contributed by atoms with E-state index >= 15 is 0 Å². The van der Waals surface area contributed by atoms with Crippen molar-refractivity contribution in [2.45, 2.75) is 25.8 Å². The number of ether oxygens (including phenoxy) is 1. The van der Waals surface area contributed by atoms with Crippen molar-refractivity contribution in [1.29, 1.82) is 5.26 Å². The van der Waals surface area contributed by atoms with Gasteiger partial charge in [-0.3, -0.25) is 4.79 Å². The van der Waals surface area contributed by atoms with Gasteiger partial charge in [0.25, 0.3) is 5.91 Å². The molecule has 1 unspecified atom stereocenters. The minimum Gasteiger partial charge on any atom is -0.497 e. The van der Waals surface area contributed by atoms with Crippen molar-refractivity contribution >= 4 is 17.2 Å². The highest BCUT2D eigenvalue weighted by Gasteiger charge is 2.39. The average molecular weight is 345 g/mol. The number of aromatic nitrogens is 1. The quantitative estimate of drug-likeness (QED) is 0.834. The van der Waals surface area contributed by atoms with Crippen molar-refractivity contribution in [2.75, 3.05) is 13.7 Å². The molecule has 5 nitrogen and oxygen atoms in total. The highest BCUT2D eigenvalue weighted by Crippen LogP contribution is 2.37. The SMILES string of the molecule is COc1cc(F)c2c(c1)C(C#N)N(CCCc1nc(C)cs1)C2=O. The fraction of sp³-hybridized carbons (Fsp3) is 0.353. The Bertz CT molecular complexity index is 828. The van der Waals surface area contributed by atoms with Gasteiger partial charge in [0.15, 0.2) is 0 Å². The summed E-state index contributed by atoms with van der Waals surface area (Å²) in [5, 5.41) is 12.4. The molecule has 1 aromatic heterocycles. The fourth-order valence-electron chi connectivity index (χ4n) is 2.88. The summed E-state index contributed by atoms with van der Waals surface area (Å²) < 4.78 is 19.3. The molecule has 0 fully saturated rings. The summed E-state index contributed by atoms with van der Waals surface area (Å²) in [6.45, 7) is 2.31. The van der Waals surface area contributed by atoms with Crippen molar-refractivity contribution < 1.29 is 13.9 Å². The smallest absolute Gasteiger partial charge is 0.258 e. The summed E-state index contributed by atoms with van der Waals surface area (Å²) >= 11 is 1.58. The van der Waals surface area contributed by atoms with Crippen molar-refractivity contribution in [3.63, 3.8) is 0 Å². The number of methoxy groups -OCH3 is 1. The predicted octanol–water partition coefficient (Wildman–Crippen LogP) is 3.25. The van der Waals surface area contributed by atoms with Crippen molar-refractivity contribution in [3.8, 4) is 11.8 Å². The van der Waals surface area contributed by atoms with E-state index in [1.54, 1.807) is 17.4 Å². The first-order chi connectivity index (χ1) is 11.5. The van der Waals surface area contributed by atoms with Crippen LogP contribution >= 0.6 is 11.3 Å². The van der Waals surface area contributed by atoms with Crippen molar-refractivity contribution in [1.82, 2.24) is 9.88 Å². The molecular weight excluding hydrogens is 329 g/mol. The van der Waals surface area contributed by atoms with Gasteiger partial charge in [-0.05, 0) is 19.4 Å². The number of aryl methyl sites for hydroxylation is 2. The average Bonchev–Trinajstić information content (AvgIpc) is 3.09. The van der Waals surface area contributed by atoms with E-state index in [9.17, 15) is 14.4 Å². The van der Waals surface area contributed by atoms with Crippen LogP contribution in [0.1, 0.15) is 39.1 Å². The van der Waals surface area contributed by atoms with E-state index in [2.05, 4.69) is 11.1 Å². The Morgan fingerprint density at radius 1 is 1.50 bits per heavy atom. The first-order valence-corrected chi connectivity index (χ1v) is 8.42. The predicted molar refractivity (Wildman–Crippen MR) is 87.5 cm³/mol. The second kappa shape index (κ2) is 6.57. The number of nitriles is 1. The molecule has 1 atom stereocenters. The molecule has 2 heterocycles. The largest absolute Gasteiger partial charge is 0.497 e. The second-order valence-electron chi connectivity index (χ2n) is 5.59. The standard InChI is InChI=1S/C17H16FN3O2S/c1-10-9-24-15(20-10)4-3-5-21-14(8-19)12-6-11(23-2)7-13(18)16(12)17(21)22/h6-7,9,14H,3-5H2,1-2H3. The summed E-state index contributed by atoms with van der Waals surface area (Å²) in [4.78, 5) is 18.3. The number of fused-ring (bicyclic) bond motifs is 1. The molecule has 0 spiro atoms. The topological polar surface area (TPSA) is 66.2 Å². The van der Waals surface area contributed by atoms with Crippen LogP contribution in [0.3, 0.4) is 0 Å². The Labute approximate surface area is 143 Å². The van der Waals surface area contributed by atoms with E-state index in [0.717, 1.165) is 17.1 Å². The highest BCUT2D eigenvalue weighted by atomic mass is 32.1. The van der Waals surface area contributed by atoms with E-state index in [4.69, 9.17) is 4.74 Å². The number of hydrogen-bond acceptors (Lipinski definition) is 5. The minimum atomic E-state index is -0.782. The molecule has 0 bridgehead atoms. The molecule has 1 aliphatic heterocycles.